The van der Waals surface area contributed by atoms with Gasteiger partial charge in [-0.2, -0.15) is 4.98 Å². The molecule has 0 unspecified atom stereocenters. The number of hydrogen-bond donors (Lipinski definition) is 0. The number of nitrogens with zero attached hydrogens (tertiary/aromatic N) is 4. The quantitative estimate of drug-likeness (QED) is 0.208. The topological polar surface area (TPSA) is 76.9 Å². The molecule has 2 aliphatic rings. The van der Waals surface area contributed by atoms with Gasteiger partial charge in [0.05, 0.1) is 36.4 Å². The molecule has 3 heterocycles. The highest BCUT2D eigenvalue weighted by molar-refractivity contribution is 7.99. The molecule has 5 rings (SSSR count). The van der Waals surface area contributed by atoms with Crippen LogP contribution < -0.4 is 10.6 Å². The molecular formula is C30H33ClF2N4O4S. The lowest BCUT2D eigenvalue weighted by molar-refractivity contribution is -0.130. The number of methoxy groups -OCH3 is 1. The summed E-state index contributed by atoms with van der Waals surface area (Å²) >= 11 is 7.57. The molecular weight excluding hydrogens is 586 g/mol. The molecule has 12 heteroatoms. The zero-order valence-corrected chi connectivity index (χ0v) is 25.5. The number of carbonyl (C=O) groups excluding carboxylic acids is 1. The van der Waals surface area contributed by atoms with E-state index < -0.39 is 17.3 Å². The Labute approximate surface area is 252 Å². The van der Waals surface area contributed by atoms with E-state index in [-0.39, 0.29) is 41.2 Å². The molecule has 0 bridgehead atoms. The molecule has 224 valence electrons. The van der Waals surface area contributed by atoms with Crippen LogP contribution in [0.25, 0.3) is 22.0 Å². The second kappa shape index (κ2) is 12.3. The molecule has 42 heavy (non-hydrogen) atoms. The number of hydrogen-bond acceptors (Lipinski definition) is 7. The Morgan fingerprint density at radius 3 is 2.55 bits per heavy atom. The molecule has 1 aromatic heterocycles. The van der Waals surface area contributed by atoms with Gasteiger partial charge in [-0.05, 0) is 44.5 Å². The molecule has 1 saturated heterocycles. The van der Waals surface area contributed by atoms with Crippen LogP contribution in [-0.2, 0) is 20.8 Å². The summed E-state index contributed by atoms with van der Waals surface area (Å²) in [7, 11) is 1.59. The number of rotatable bonds is 7. The van der Waals surface area contributed by atoms with E-state index in [1.807, 2.05) is 31.7 Å². The standard InChI is InChI=1S/C30H33ClF2N4O4S/c1-6-25(38)37-17(3)12-35(13-18(37)4)29-21-9-16(2)26(20-10-22(31)24(33)11-23(20)32)28-27(21)36(30(39)34-29)14-19(15-42-28)41-8-7-40-5/h6,9-11,17-19H,1,7-8,12-15H2,2-5H3/t17-,18+,19-/m0/s1. The predicted molar refractivity (Wildman–Crippen MR) is 162 cm³/mol. The van der Waals surface area contributed by atoms with Gasteiger partial charge in [0.15, 0.2) is 0 Å². The number of aryl methyl sites for hydroxylation is 1. The zero-order valence-electron chi connectivity index (χ0n) is 24.0. The highest BCUT2D eigenvalue weighted by Gasteiger charge is 2.35. The molecule has 2 aliphatic heterocycles. The van der Waals surface area contributed by atoms with E-state index in [2.05, 4.69) is 11.6 Å². The number of amides is 1. The summed E-state index contributed by atoms with van der Waals surface area (Å²) in [4.78, 5) is 35.3. The van der Waals surface area contributed by atoms with Crippen molar-refractivity contribution in [3.63, 3.8) is 0 Å². The minimum Gasteiger partial charge on any atom is -0.382 e. The van der Waals surface area contributed by atoms with Gasteiger partial charge in [-0.15, -0.1) is 11.8 Å². The van der Waals surface area contributed by atoms with Crippen LogP contribution in [0.3, 0.4) is 0 Å². The zero-order chi connectivity index (χ0) is 30.3. The number of benzene rings is 2. The van der Waals surface area contributed by atoms with E-state index in [0.29, 0.717) is 53.8 Å². The Hall–Kier alpha value is -2.99. The van der Waals surface area contributed by atoms with Crippen molar-refractivity contribution in [1.29, 1.82) is 0 Å². The first-order valence-electron chi connectivity index (χ1n) is 13.7. The van der Waals surface area contributed by atoms with Crippen molar-refractivity contribution in [2.75, 3.05) is 44.1 Å². The Kier molecular flexibility index (Phi) is 8.94. The van der Waals surface area contributed by atoms with Crippen molar-refractivity contribution in [3.05, 3.63) is 63.6 Å². The van der Waals surface area contributed by atoms with E-state index in [1.165, 1.54) is 23.9 Å². The Bertz CT molecular complexity index is 1600. The van der Waals surface area contributed by atoms with Crippen molar-refractivity contribution >= 4 is 46.0 Å². The molecule has 0 aliphatic carbocycles. The number of ether oxygens (including phenoxy) is 2. The van der Waals surface area contributed by atoms with E-state index >= 15 is 4.39 Å². The maximum atomic E-state index is 15.3. The summed E-state index contributed by atoms with van der Waals surface area (Å²) in [5.74, 6) is -0.751. The number of thioether (sulfide) groups is 1. The molecule has 0 saturated carbocycles. The summed E-state index contributed by atoms with van der Waals surface area (Å²) in [6.07, 6.45) is 0.974. The van der Waals surface area contributed by atoms with E-state index in [1.54, 1.807) is 16.6 Å². The van der Waals surface area contributed by atoms with Crippen LogP contribution in [0.15, 0.2) is 40.5 Å². The Morgan fingerprint density at radius 2 is 1.88 bits per heavy atom. The molecule has 0 radical (unpaired) electrons. The molecule has 3 atom stereocenters. The van der Waals surface area contributed by atoms with Gasteiger partial charge >= 0.3 is 5.69 Å². The number of piperazine rings is 1. The minimum atomic E-state index is -0.845. The number of halogens is 3. The Balaban J connectivity index is 1.72. The lowest BCUT2D eigenvalue weighted by Crippen LogP contribution is -2.58. The molecule has 0 N–H and O–H groups in total. The molecule has 3 aromatic rings. The van der Waals surface area contributed by atoms with Crippen molar-refractivity contribution in [2.45, 2.75) is 50.4 Å². The summed E-state index contributed by atoms with van der Waals surface area (Å²) < 4.78 is 42.2. The van der Waals surface area contributed by atoms with Crippen molar-refractivity contribution in [2.24, 2.45) is 0 Å². The predicted octanol–water partition coefficient (Wildman–Crippen LogP) is 5.05. The van der Waals surface area contributed by atoms with Crippen molar-refractivity contribution in [3.8, 4) is 11.1 Å². The third kappa shape index (κ3) is 5.55. The van der Waals surface area contributed by atoms with E-state index in [9.17, 15) is 14.0 Å². The maximum absolute atomic E-state index is 15.3. The molecule has 0 spiro atoms. The van der Waals surface area contributed by atoms with Gasteiger partial charge in [0.25, 0.3) is 0 Å². The van der Waals surface area contributed by atoms with Crippen LogP contribution >= 0.6 is 23.4 Å². The number of carbonyl (C=O) groups is 1. The van der Waals surface area contributed by atoms with Gasteiger partial charge in [-0.3, -0.25) is 9.36 Å². The van der Waals surface area contributed by atoms with Gasteiger partial charge in [-0.1, -0.05) is 18.2 Å². The Morgan fingerprint density at radius 1 is 1.17 bits per heavy atom. The minimum absolute atomic E-state index is 0.146. The number of aromatic nitrogens is 2. The largest absolute Gasteiger partial charge is 0.382 e. The van der Waals surface area contributed by atoms with Gasteiger partial charge in [-0.25, -0.2) is 13.6 Å². The smallest absolute Gasteiger partial charge is 0.350 e. The van der Waals surface area contributed by atoms with Crippen LogP contribution in [0.2, 0.25) is 5.02 Å². The molecule has 8 nitrogen and oxygen atoms in total. The fraction of sp³-hybridized carbons (Fsp3) is 0.433. The summed E-state index contributed by atoms with van der Waals surface area (Å²) in [5.41, 5.74) is 1.56. The van der Waals surface area contributed by atoms with Gasteiger partial charge < -0.3 is 19.3 Å². The normalized spacial score (nSPS) is 20.6. The summed E-state index contributed by atoms with van der Waals surface area (Å²) in [6.45, 7) is 11.3. The van der Waals surface area contributed by atoms with Gasteiger partial charge in [0.2, 0.25) is 5.91 Å². The van der Waals surface area contributed by atoms with Crippen LogP contribution in [0.1, 0.15) is 19.4 Å². The average Bonchev–Trinajstić information content (AvgIpc) is 3.13. The first-order chi connectivity index (χ1) is 20.0. The van der Waals surface area contributed by atoms with Crippen LogP contribution in [0.5, 0.6) is 0 Å². The van der Waals surface area contributed by atoms with Crippen molar-refractivity contribution < 1.29 is 23.0 Å². The first-order valence-corrected chi connectivity index (χ1v) is 15.1. The van der Waals surface area contributed by atoms with Gasteiger partial charge in [0.1, 0.15) is 17.5 Å². The SMILES string of the molecule is C=CC(=O)N1[C@H](C)CN(c2nc(=O)n3c4c(c(-c5cc(Cl)c(F)cc5F)c(C)cc24)SC[C@@H](OCCOC)C3)C[C@@H]1C. The van der Waals surface area contributed by atoms with Crippen LogP contribution in [-0.4, -0.2) is 77.7 Å². The molecule has 1 fully saturated rings. The average molecular weight is 619 g/mol. The second-order valence-electron chi connectivity index (χ2n) is 10.7. The highest BCUT2D eigenvalue weighted by Crippen LogP contribution is 2.45. The van der Waals surface area contributed by atoms with E-state index in [4.69, 9.17) is 21.1 Å². The highest BCUT2D eigenvalue weighted by atomic mass is 35.5. The van der Waals surface area contributed by atoms with Gasteiger partial charge in [0, 0.05) is 65.5 Å². The van der Waals surface area contributed by atoms with Crippen LogP contribution in [0.4, 0.5) is 14.6 Å². The lowest BCUT2D eigenvalue weighted by Gasteiger charge is -2.44. The maximum Gasteiger partial charge on any atom is 0.350 e. The molecule has 1 amide bonds. The van der Waals surface area contributed by atoms with E-state index in [0.717, 1.165) is 17.0 Å². The van der Waals surface area contributed by atoms with Crippen molar-refractivity contribution in [1.82, 2.24) is 14.5 Å². The molecule has 2 aromatic carbocycles. The number of anilines is 1. The fourth-order valence-corrected chi connectivity index (χ4v) is 7.48. The first kappa shape index (κ1) is 30.5. The third-order valence-corrected chi connectivity index (χ3v) is 9.28. The van der Waals surface area contributed by atoms with Crippen LogP contribution in [0, 0.1) is 18.6 Å². The third-order valence-electron chi connectivity index (χ3n) is 7.76. The summed E-state index contributed by atoms with van der Waals surface area (Å²) in [5, 5.41) is 0.535. The lowest BCUT2D eigenvalue weighted by atomic mass is 9.97. The monoisotopic (exact) mass is 618 g/mol. The second-order valence-corrected chi connectivity index (χ2v) is 12.2. The fourth-order valence-electron chi connectivity index (χ4n) is 5.99. The summed E-state index contributed by atoms with van der Waals surface area (Å²) in [6, 6.07) is 3.66.